The molecule has 0 saturated carbocycles. The Hall–Kier alpha value is -1.71. The first-order valence-corrected chi connectivity index (χ1v) is 9.57. The monoisotopic (exact) mass is 531 g/mol. The number of aliphatic imine (C=N–C) groups is 1. The van der Waals surface area contributed by atoms with Gasteiger partial charge in [-0.3, -0.25) is 4.99 Å². The van der Waals surface area contributed by atoms with E-state index in [1.54, 1.807) is 14.2 Å². The van der Waals surface area contributed by atoms with E-state index in [1.165, 1.54) is 0 Å². The molecule has 0 spiro atoms. The van der Waals surface area contributed by atoms with Crippen molar-refractivity contribution in [1.82, 2.24) is 0 Å². The summed E-state index contributed by atoms with van der Waals surface area (Å²) in [5.41, 5.74) is 7.81. The lowest BCUT2D eigenvalue weighted by molar-refractivity contribution is 0.0523. The van der Waals surface area contributed by atoms with Crippen LogP contribution < -0.4 is 20.5 Å². The SMILES string of the molecule is COc1ccc(NC(N)=NCC2(c3cc(Cl)ccc3OC)CCOCC2)cc1.I. The minimum atomic E-state index is -0.235. The number of nitrogens with two attached hydrogens (primary N) is 1. The van der Waals surface area contributed by atoms with Gasteiger partial charge in [0.1, 0.15) is 11.5 Å². The Kier molecular flexibility index (Phi) is 8.85. The molecular formula is C21H27ClIN3O3. The summed E-state index contributed by atoms with van der Waals surface area (Å²) in [6.45, 7) is 1.84. The number of nitrogens with one attached hydrogen (secondary N) is 1. The minimum absolute atomic E-state index is 0. The molecule has 1 saturated heterocycles. The van der Waals surface area contributed by atoms with E-state index >= 15 is 0 Å². The Balaban J connectivity index is 0.00000300. The van der Waals surface area contributed by atoms with E-state index in [2.05, 4.69) is 10.3 Å². The molecule has 29 heavy (non-hydrogen) atoms. The van der Waals surface area contributed by atoms with E-state index in [9.17, 15) is 0 Å². The van der Waals surface area contributed by atoms with E-state index in [-0.39, 0.29) is 29.4 Å². The number of benzene rings is 2. The number of rotatable bonds is 6. The Morgan fingerprint density at radius 1 is 1.14 bits per heavy atom. The highest BCUT2D eigenvalue weighted by atomic mass is 127. The molecule has 1 fully saturated rings. The molecule has 158 valence electrons. The zero-order valence-corrected chi connectivity index (χ0v) is 19.7. The molecule has 0 bridgehead atoms. The zero-order valence-electron chi connectivity index (χ0n) is 16.6. The lowest BCUT2D eigenvalue weighted by Crippen LogP contribution is -2.38. The van der Waals surface area contributed by atoms with Crippen molar-refractivity contribution in [3.05, 3.63) is 53.1 Å². The third-order valence-corrected chi connectivity index (χ3v) is 5.33. The van der Waals surface area contributed by atoms with Crippen molar-refractivity contribution in [3.63, 3.8) is 0 Å². The van der Waals surface area contributed by atoms with Gasteiger partial charge in [-0.15, -0.1) is 24.0 Å². The van der Waals surface area contributed by atoms with E-state index in [0.29, 0.717) is 30.7 Å². The van der Waals surface area contributed by atoms with E-state index in [1.807, 2.05) is 42.5 Å². The molecule has 2 aromatic carbocycles. The van der Waals surface area contributed by atoms with Gasteiger partial charge >= 0.3 is 0 Å². The van der Waals surface area contributed by atoms with Crippen molar-refractivity contribution in [1.29, 1.82) is 0 Å². The summed E-state index contributed by atoms with van der Waals surface area (Å²) in [6.07, 6.45) is 1.64. The van der Waals surface area contributed by atoms with Crippen molar-refractivity contribution in [2.75, 3.05) is 39.3 Å². The fraction of sp³-hybridized carbons (Fsp3) is 0.381. The number of methoxy groups -OCH3 is 2. The number of hydrogen-bond donors (Lipinski definition) is 2. The molecule has 0 atom stereocenters. The maximum absolute atomic E-state index is 6.28. The standard InChI is InChI=1S/C21H26ClN3O3.HI/c1-26-17-6-4-16(5-7-17)25-20(23)24-14-21(9-11-28-12-10-21)18-13-15(22)3-8-19(18)27-2;/h3-8,13H,9-12,14H2,1-2H3,(H3,23,24,25);1H. The summed E-state index contributed by atoms with van der Waals surface area (Å²) in [5.74, 6) is 1.95. The van der Waals surface area contributed by atoms with Gasteiger partial charge in [-0.2, -0.15) is 0 Å². The highest BCUT2D eigenvalue weighted by Gasteiger charge is 2.37. The molecule has 0 aromatic heterocycles. The molecule has 3 N–H and O–H groups in total. The Bertz CT molecular complexity index is 824. The van der Waals surface area contributed by atoms with Gasteiger partial charge in [-0.1, -0.05) is 11.6 Å². The topological polar surface area (TPSA) is 78.1 Å². The van der Waals surface area contributed by atoms with Gasteiger partial charge in [-0.05, 0) is 55.3 Å². The van der Waals surface area contributed by atoms with Crippen LogP contribution in [0.4, 0.5) is 5.69 Å². The molecule has 3 rings (SSSR count). The minimum Gasteiger partial charge on any atom is -0.497 e. The average molecular weight is 532 g/mol. The van der Waals surface area contributed by atoms with Gasteiger partial charge in [-0.25, -0.2) is 0 Å². The van der Waals surface area contributed by atoms with Crippen LogP contribution in [0.25, 0.3) is 0 Å². The quantitative estimate of drug-likeness (QED) is 0.327. The fourth-order valence-corrected chi connectivity index (χ4v) is 3.64. The van der Waals surface area contributed by atoms with Crippen molar-refractivity contribution in [2.45, 2.75) is 18.3 Å². The van der Waals surface area contributed by atoms with E-state index in [4.69, 9.17) is 31.5 Å². The summed E-state index contributed by atoms with van der Waals surface area (Å²) >= 11 is 6.28. The average Bonchev–Trinajstić information content (AvgIpc) is 2.73. The smallest absolute Gasteiger partial charge is 0.193 e. The molecule has 1 aliphatic rings. The summed E-state index contributed by atoms with van der Waals surface area (Å²) in [7, 11) is 3.30. The Morgan fingerprint density at radius 2 is 1.83 bits per heavy atom. The summed E-state index contributed by atoms with van der Waals surface area (Å²) in [5, 5.41) is 3.80. The number of hydrogen-bond acceptors (Lipinski definition) is 4. The molecular weight excluding hydrogens is 505 g/mol. The third-order valence-electron chi connectivity index (χ3n) is 5.10. The molecule has 1 aliphatic heterocycles. The maximum atomic E-state index is 6.28. The van der Waals surface area contributed by atoms with Crippen molar-refractivity contribution in [3.8, 4) is 11.5 Å². The molecule has 2 aromatic rings. The molecule has 8 heteroatoms. The number of anilines is 1. The molecule has 0 aliphatic carbocycles. The van der Waals surface area contributed by atoms with Crippen LogP contribution in [0.15, 0.2) is 47.5 Å². The Labute approximate surface area is 193 Å². The van der Waals surface area contributed by atoms with Crippen molar-refractivity contribution < 1.29 is 14.2 Å². The van der Waals surface area contributed by atoms with Crippen LogP contribution in [0.5, 0.6) is 11.5 Å². The number of ether oxygens (including phenoxy) is 3. The third kappa shape index (κ3) is 5.90. The molecule has 0 radical (unpaired) electrons. The van der Waals surface area contributed by atoms with Crippen LogP contribution in [0.1, 0.15) is 18.4 Å². The van der Waals surface area contributed by atoms with Gasteiger partial charge < -0.3 is 25.3 Å². The van der Waals surface area contributed by atoms with Crippen LogP contribution in [0.2, 0.25) is 5.02 Å². The molecule has 1 heterocycles. The van der Waals surface area contributed by atoms with Crippen LogP contribution in [0, 0.1) is 0 Å². The molecule has 0 unspecified atom stereocenters. The van der Waals surface area contributed by atoms with Crippen LogP contribution in [0.3, 0.4) is 0 Å². The first-order chi connectivity index (χ1) is 13.6. The van der Waals surface area contributed by atoms with Crippen LogP contribution in [-0.2, 0) is 10.2 Å². The van der Waals surface area contributed by atoms with E-state index in [0.717, 1.165) is 35.6 Å². The Morgan fingerprint density at radius 3 is 2.45 bits per heavy atom. The van der Waals surface area contributed by atoms with Gasteiger partial charge in [0.2, 0.25) is 0 Å². The summed E-state index contributed by atoms with van der Waals surface area (Å²) in [4.78, 5) is 4.64. The van der Waals surface area contributed by atoms with Gasteiger partial charge in [0.15, 0.2) is 5.96 Å². The summed E-state index contributed by atoms with van der Waals surface area (Å²) in [6, 6.07) is 13.2. The van der Waals surface area contributed by atoms with Gasteiger partial charge in [0.25, 0.3) is 0 Å². The highest BCUT2D eigenvalue weighted by molar-refractivity contribution is 14.0. The largest absolute Gasteiger partial charge is 0.497 e. The number of nitrogens with zero attached hydrogens (tertiary/aromatic N) is 1. The second kappa shape index (κ2) is 10.9. The first kappa shape index (κ1) is 23.6. The number of halogens is 2. The normalized spacial score (nSPS) is 15.9. The van der Waals surface area contributed by atoms with Gasteiger partial charge in [0, 0.05) is 34.9 Å². The molecule has 0 amide bonds. The lowest BCUT2D eigenvalue weighted by Gasteiger charge is -2.37. The second-order valence-corrected chi connectivity index (χ2v) is 7.23. The lowest BCUT2D eigenvalue weighted by atomic mass is 9.73. The highest BCUT2D eigenvalue weighted by Crippen LogP contribution is 2.41. The van der Waals surface area contributed by atoms with Crippen LogP contribution >= 0.6 is 35.6 Å². The van der Waals surface area contributed by atoms with Crippen LogP contribution in [-0.4, -0.2) is 39.9 Å². The van der Waals surface area contributed by atoms with Gasteiger partial charge in [0.05, 0.1) is 20.8 Å². The predicted molar refractivity (Wildman–Crippen MR) is 128 cm³/mol. The second-order valence-electron chi connectivity index (χ2n) is 6.79. The fourth-order valence-electron chi connectivity index (χ4n) is 3.47. The van der Waals surface area contributed by atoms with Crippen molar-refractivity contribution >= 4 is 47.2 Å². The predicted octanol–water partition coefficient (Wildman–Crippen LogP) is 4.45. The molecule has 6 nitrogen and oxygen atoms in total. The maximum Gasteiger partial charge on any atom is 0.193 e. The zero-order chi connectivity index (χ0) is 20.0. The first-order valence-electron chi connectivity index (χ1n) is 9.19. The number of guanidine groups is 1. The summed E-state index contributed by atoms with van der Waals surface area (Å²) < 4.78 is 16.4. The van der Waals surface area contributed by atoms with Crippen molar-refractivity contribution in [2.24, 2.45) is 10.7 Å². The van der Waals surface area contributed by atoms with E-state index < -0.39 is 0 Å².